The zero-order valence-electron chi connectivity index (χ0n) is 8.34. The van der Waals surface area contributed by atoms with E-state index in [1.54, 1.807) is 0 Å². The first-order valence-electron chi connectivity index (χ1n) is 4.64. The maximum atomic E-state index is 5.80. The lowest BCUT2D eigenvalue weighted by molar-refractivity contribution is 0.171. The fourth-order valence-corrected chi connectivity index (χ4v) is 2.08. The van der Waals surface area contributed by atoms with Crippen molar-refractivity contribution >= 4 is 8.32 Å². The summed E-state index contributed by atoms with van der Waals surface area (Å²) < 4.78 is 5.80. The van der Waals surface area contributed by atoms with E-state index in [0.29, 0.717) is 6.04 Å². The maximum absolute atomic E-state index is 5.80. The molecule has 0 saturated carbocycles. The summed E-state index contributed by atoms with van der Waals surface area (Å²) in [5, 5.41) is 1.92. The van der Waals surface area contributed by atoms with E-state index in [4.69, 9.17) is 10.3 Å². The Morgan fingerprint density at radius 3 is 2.58 bits per heavy atom. The van der Waals surface area contributed by atoms with Crippen LogP contribution in [-0.2, 0) is 4.43 Å². The number of hydrogen-bond donors (Lipinski definition) is 1. The van der Waals surface area contributed by atoms with Gasteiger partial charge in [0.25, 0.3) is 0 Å². The highest BCUT2D eigenvalue weighted by Crippen LogP contribution is 2.15. The Morgan fingerprint density at radius 1 is 1.50 bits per heavy atom. The molecule has 3 nitrogen and oxygen atoms in total. The molecule has 0 aromatic rings. The van der Waals surface area contributed by atoms with Crippen molar-refractivity contribution in [2.24, 2.45) is 5.84 Å². The number of nitrogens with zero attached hydrogens (tertiary/aromatic N) is 1. The molecule has 1 saturated heterocycles. The van der Waals surface area contributed by atoms with Crippen molar-refractivity contribution < 1.29 is 4.43 Å². The van der Waals surface area contributed by atoms with Gasteiger partial charge < -0.3 is 4.43 Å². The fourth-order valence-electron chi connectivity index (χ4n) is 1.38. The molecular weight excluding hydrogens is 168 g/mol. The number of rotatable bonds is 3. The molecule has 1 aliphatic rings. The summed E-state index contributed by atoms with van der Waals surface area (Å²) in [5.41, 5.74) is 0. The SMILES string of the molecule is C[Si](C)(C)OC[C@@H]1CCCN1N. The second-order valence-corrected chi connectivity index (χ2v) is 8.97. The van der Waals surface area contributed by atoms with Crippen LogP contribution in [0, 0.1) is 0 Å². The van der Waals surface area contributed by atoms with Crippen LogP contribution in [0.1, 0.15) is 12.8 Å². The number of hydrazine groups is 1. The Labute approximate surface area is 76.0 Å². The number of nitrogens with two attached hydrogens (primary N) is 1. The van der Waals surface area contributed by atoms with E-state index in [-0.39, 0.29) is 0 Å². The minimum Gasteiger partial charge on any atom is -0.416 e. The smallest absolute Gasteiger partial charge is 0.183 e. The molecular formula is C8H20N2OSi. The van der Waals surface area contributed by atoms with E-state index in [1.807, 2.05) is 5.01 Å². The molecule has 1 atom stereocenters. The van der Waals surface area contributed by atoms with Crippen molar-refractivity contribution in [3.05, 3.63) is 0 Å². The summed E-state index contributed by atoms with van der Waals surface area (Å²) in [6.07, 6.45) is 2.41. The van der Waals surface area contributed by atoms with Gasteiger partial charge in [-0.1, -0.05) is 0 Å². The van der Waals surface area contributed by atoms with E-state index in [2.05, 4.69) is 19.6 Å². The summed E-state index contributed by atoms with van der Waals surface area (Å²) in [7, 11) is -1.34. The van der Waals surface area contributed by atoms with Crippen molar-refractivity contribution in [1.29, 1.82) is 0 Å². The van der Waals surface area contributed by atoms with Crippen LogP contribution in [0.4, 0.5) is 0 Å². The van der Waals surface area contributed by atoms with Crippen LogP contribution < -0.4 is 5.84 Å². The quantitative estimate of drug-likeness (QED) is 0.534. The first kappa shape index (κ1) is 10.2. The van der Waals surface area contributed by atoms with Crippen LogP contribution in [0.15, 0.2) is 0 Å². The molecule has 0 bridgehead atoms. The lowest BCUT2D eigenvalue weighted by Crippen LogP contribution is -2.41. The Balaban J connectivity index is 2.23. The van der Waals surface area contributed by atoms with Crippen LogP contribution in [0.5, 0.6) is 0 Å². The Kier molecular flexibility index (Phi) is 3.28. The Morgan fingerprint density at radius 2 is 2.17 bits per heavy atom. The normalized spacial score (nSPS) is 26.5. The maximum Gasteiger partial charge on any atom is 0.183 e. The predicted molar refractivity (Wildman–Crippen MR) is 53.2 cm³/mol. The Bertz CT molecular complexity index is 146. The van der Waals surface area contributed by atoms with Crippen molar-refractivity contribution in [2.75, 3.05) is 13.2 Å². The van der Waals surface area contributed by atoms with Crippen molar-refractivity contribution in [3.63, 3.8) is 0 Å². The molecule has 4 heteroatoms. The molecule has 1 fully saturated rings. The average molecular weight is 188 g/mol. The predicted octanol–water partition coefficient (Wildman–Crippen LogP) is 1.18. The lowest BCUT2D eigenvalue weighted by atomic mass is 10.2. The standard InChI is InChI=1S/C8H20N2OSi/c1-12(2,3)11-7-8-5-4-6-10(8)9/h8H,4-7,9H2,1-3H3/t8-/m0/s1. The molecule has 0 aromatic carbocycles. The van der Waals surface area contributed by atoms with Crippen LogP contribution in [0.3, 0.4) is 0 Å². The minimum atomic E-state index is -1.34. The van der Waals surface area contributed by atoms with Gasteiger partial charge in [-0.25, -0.2) is 5.01 Å². The molecule has 2 N–H and O–H groups in total. The van der Waals surface area contributed by atoms with Crippen LogP contribution in [0.2, 0.25) is 19.6 Å². The third-order valence-electron chi connectivity index (χ3n) is 2.13. The molecule has 1 rings (SSSR count). The van der Waals surface area contributed by atoms with Gasteiger partial charge in [0.05, 0.1) is 6.61 Å². The molecule has 0 aromatic heterocycles. The van der Waals surface area contributed by atoms with Crippen LogP contribution >= 0.6 is 0 Å². The zero-order chi connectivity index (χ0) is 9.19. The molecule has 1 heterocycles. The average Bonchev–Trinajstić information content (AvgIpc) is 2.29. The zero-order valence-corrected chi connectivity index (χ0v) is 9.34. The van der Waals surface area contributed by atoms with Crippen molar-refractivity contribution in [1.82, 2.24) is 5.01 Å². The second-order valence-electron chi connectivity index (χ2n) is 4.46. The summed E-state index contributed by atoms with van der Waals surface area (Å²) >= 11 is 0. The van der Waals surface area contributed by atoms with Crippen LogP contribution in [-0.4, -0.2) is 32.5 Å². The summed E-state index contributed by atoms with van der Waals surface area (Å²) in [5.74, 6) is 5.78. The number of hydrogen-bond acceptors (Lipinski definition) is 3. The minimum absolute atomic E-state index is 0.469. The van der Waals surface area contributed by atoms with Crippen LogP contribution in [0.25, 0.3) is 0 Å². The molecule has 0 amide bonds. The third-order valence-corrected chi connectivity index (χ3v) is 3.16. The van der Waals surface area contributed by atoms with Crippen molar-refractivity contribution in [2.45, 2.75) is 38.5 Å². The van der Waals surface area contributed by atoms with Gasteiger partial charge in [0.15, 0.2) is 8.32 Å². The molecule has 72 valence electrons. The molecule has 0 radical (unpaired) electrons. The Hall–Kier alpha value is 0.0969. The topological polar surface area (TPSA) is 38.5 Å². The van der Waals surface area contributed by atoms with Gasteiger partial charge in [-0.2, -0.15) is 0 Å². The van der Waals surface area contributed by atoms with Gasteiger partial charge in [0, 0.05) is 12.6 Å². The molecule has 0 spiro atoms. The largest absolute Gasteiger partial charge is 0.416 e. The van der Waals surface area contributed by atoms with Gasteiger partial charge in [-0.15, -0.1) is 0 Å². The first-order valence-corrected chi connectivity index (χ1v) is 8.05. The van der Waals surface area contributed by atoms with Gasteiger partial charge in [0.1, 0.15) is 0 Å². The fraction of sp³-hybridized carbons (Fsp3) is 1.00. The van der Waals surface area contributed by atoms with E-state index in [0.717, 1.165) is 13.2 Å². The van der Waals surface area contributed by atoms with Gasteiger partial charge in [-0.3, -0.25) is 5.84 Å². The second kappa shape index (κ2) is 3.87. The summed E-state index contributed by atoms with van der Waals surface area (Å²) in [6, 6.07) is 0.469. The van der Waals surface area contributed by atoms with E-state index in [1.165, 1.54) is 12.8 Å². The highest BCUT2D eigenvalue weighted by atomic mass is 28.4. The van der Waals surface area contributed by atoms with Gasteiger partial charge in [-0.05, 0) is 32.5 Å². The molecule has 0 aliphatic carbocycles. The van der Waals surface area contributed by atoms with E-state index in [9.17, 15) is 0 Å². The molecule has 1 aliphatic heterocycles. The molecule has 12 heavy (non-hydrogen) atoms. The van der Waals surface area contributed by atoms with Crippen molar-refractivity contribution in [3.8, 4) is 0 Å². The van der Waals surface area contributed by atoms with Gasteiger partial charge >= 0.3 is 0 Å². The summed E-state index contributed by atoms with van der Waals surface area (Å²) in [4.78, 5) is 0. The monoisotopic (exact) mass is 188 g/mol. The molecule has 0 unspecified atom stereocenters. The highest BCUT2D eigenvalue weighted by Gasteiger charge is 2.24. The van der Waals surface area contributed by atoms with Gasteiger partial charge in [0.2, 0.25) is 0 Å². The summed E-state index contributed by atoms with van der Waals surface area (Å²) in [6.45, 7) is 8.49. The first-order chi connectivity index (χ1) is 5.49. The lowest BCUT2D eigenvalue weighted by Gasteiger charge is -2.24. The highest BCUT2D eigenvalue weighted by molar-refractivity contribution is 6.69. The van der Waals surface area contributed by atoms with E-state index < -0.39 is 8.32 Å². The third kappa shape index (κ3) is 3.22. The van der Waals surface area contributed by atoms with E-state index >= 15 is 0 Å².